The van der Waals surface area contributed by atoms with Crippen molar-refractivity contribution in [1.82, 2.24) is 0 Å². The maximum Gasteiger partial charge on any atom is 0.231 e. The van der Waals surface area contributed by atoms with Gasteiger partial charge >= 0.3 is 0 Å². The zero-order valence-electron chi connectivity index (χ0n) is 8.25. The smallest absolute Gasteiger partial charge is 0.231 e. The van der Waals surface area contributed by atoms with Gasteiger partial charge < -0.3 is 15.2 Å². The minimum Gasteiger partial charge on any atom is -0.453 e. The fourth-order valence-corrected chi connectivity index (χ4v) is 2.04. The van der Waals surface area contributed by atoms with Gasteiger partial charge in [0.2, 0.25) is 12.5 Å². The van der Waals surface area contributed by atoms with Gasteiger partial charge in [0.25, 0.3) is 0 Å². The van der Waals surface area contributed by atoms with E-state index in [1.165, 1.54) is 6.07 Å². The minimum atomic E-state index is -0.347. The van der Waals surface area contributed by atoms with Gasteiger partial charge in [-0.1, -0.05) is 0 Å². The summed E-state index contributed by atoms with van der Waals surface area (Å²) in [6.45, 7) is 0.664. The monoisotopic (exact) mass is 209 g/mol. The lowest BCUT2D eigenvalue weighted by molar-refractivity contribution is 0.171. The third-order valence-corrected chi connectivity index (χ3v) is 3.28. The van der Waals surface area contributed by atoms with E-state index in [2.05, 4.69) is 0 Å². The van der Waals surface area contributed by atoms with Crippen molar-refractivity contribution in [1.29, 1.82) is 0 Å². The highest BCUT2D eigenvalue weighted by molar-refractivity contribution is 5.49. The van der Waals surface area contributed by atoms with Gasteiger partial charge in [-0.05, 0) is 30.5 Å². The molecule has 3 nitrogen and oxygen atoms in total. The van der Waals surface area contributed by atoms with E-state index in [1.807, 2.05) is 6.07 Å². The number of fused-ring (bicyclic) bond motifs is 1. The molecule has 1 heterocycles. The molecule has 0 spiro atoms. The number of nitrogens with two attached hydrogens (primary N) is 1. The van der Waals surface area contributed by atoms with Crippen LogP contribution in [0.5, 0.6) is 11.5 Å². The summed E-state index contributed by atoms with van der Waals surface area (Å²) in [5, 5.41) is 0. The third-order valence-electron chi connectivity index (χ3n) is 3.28. The Morgan fingerprint density at radius 1 is 1.33 bits per heavy atom. The van der Waals surface area contributed by atoms with E-state index in [0.29, 0.717) is 12.3 Å². The van der Waals surface area contributed by atoms with Crippen LogP contribution in [0.4, 0.5) is 4.39 Å². The highest BCUT2D eigenvalue weighted by atomic mass is 19.1. The van der Waals surface area contributed by atoms with E-state index < -0.39 is 0 Å². The summed E-state index contributed by atoms with van der Waals surface area (Å²) >= 11 is 0. The number of hydrogen-bond acceptors (Lipinski definition) is 3. The average Bonchev–Trinajstić information content (AvgIpc) is 2.90. The Morgan fingerprint density at radius 2 is 2.13 bits per heavy atom. The van der Waals surface area contributed by atoms with Crippen molar-refractivity contribution in [2.45, 2.75) is 18.3 Å². The van der Waals surface area contributed by atoms with Crippen LogP contribution in [0.2, 0.25) is 0 Å². The van der Waals surface area contributed by atoms with E-state index in [4.69, 9.17) is 15.2 Å². The number of hydrogen-bond donors (Lipinski definition) is 1. The lowest BCUT2D eigenvalue weighted by Gasteiger charge is -2.13. The molecular weight excluding hydrogens is 197 g/mol. The molecule has 0 atom stereocenters. The van der Waals surface area contributed by atoms with Crippen LogP contribution >= 0.6 is 0 Å². The van der Waals surface area contributed by atoms with E-state index >= 15 is 0 Å². The zero-order valence-corrected chi connectivity index (χ0v) is 8.25. The number of halogens is 1. The minimum absolute atomic E-state index is 0.0121. The lowest BCUT2D eigenvalue weighted by Crippen LogP contribution is -2.19. The van der Waals surface area contributed by atoms with Gasteiger partial charge in [-0.3, -0.25) is 0 Å². The predicted molar refractivity (Wildman–Crippen MR) is 52.5 cm³/mol. The summed E-state index contributed by atoms with van der Waals surface area (Å²) in [4.78, 5) is 0. The molecular formula is C11H12FNO2. The topological polar surface area (TPSA) is 44.5 Å². The Morgan fingerprint density at radius 3 is 2.80 bits per heavy atom. The Hall–Kier alpha value is -1.29. The Balaban J connectivity index is 2.08. The number of rotatable bonds is 2. The van der Waals surface area contributed by atoms with E-state index in [1.54, 1.807) is 0 Å². The number of ether oxygens (including phenoxy) is 2. The molecule has 2 N–H and O–H groups in total. The first-order valence-electron chi connectivity index (χ1n) is 5.05. The molecule has 3 rings (SSSR count). The standard InChI is InChI=1S/C11H12FNO2/c12-8-3-7(11(5-13)1-2-11)4-9-10(8)15-6-14-9/h3-4H,1-2,5-6,13H2. The molecule has 0 aromatic heterocycles. The maximum absolute atomic E-state index is 13.6. The largest absolute Gasteiger partial charge is 0.453 e. The second-order valence-corrected chi connectivity index (χ2v) is 4.18. The van der Waals surface area contributed by atoms with Gasteiger partial charge in [0, 0.05) is 12.0 Å². The fourth-order valence-electron chi connectivity index (χ4n) is 2.04. The first-order valence-corrected chi connectivity index (χ1v) is 5.05. The van der Waals surface area contributed by atoms with E-state index in [0.717, 1.165) is 18.4 Å². The van der Waals surface area contributed by atoms with Crippen LogP contribution < -0.4 is 15.2 Å². The van der Waals surface area contributed by atoms with Crippen molar-refractivity contribution in [2.75, 3.05) is 13.3 Å². The Labute approximate surface area is 87.0 Å². The maximum atomic E-state index is 13.6. The second-order valence-electron chi connectivity index (χ2n) is 4.18. The SMILES string of the molecule is NCC1(c2cc(F)c3c(c2)OCO3)CC1. The summed E-state index contributed by atoms with van der Waals surface area (Å²) in [5.74, 6) is 0.385. The molecule has 4 heteroatoms. The highest BCUT2D eigenvalue weighted by Crippen LogP contribution is 2.50. The molecule has 0 amide bonds. The van der Waals surface area contributed by atoms with Crippen molar-refractivity contribution < 1.29 is 13.9 Å². The Kier molecular flexibility index (Phi) is 1.71. The van der Waals surface area contributed by atoms with Gasteiger partial charge in [0.05, 0.1) is 0 Å². The van der Waals surface area contributed by atoms with Crippen LogP contribution in [0.25, 0.3) is 0 Å². The second kappa shape index (κ2) is 2.85. The molecule has 0 saturated heterocycles. The first kappa shape index (κ1) is 8.97. The highest BCUT2D eigenvalue weighted by Gasteiger charge is 2.44. The quantitative estimate of drug-likeness (QED) is 0.803. The average molecular weight is 209 g/mol. The summed E-state index contributed by atoms with van der Waals surface area (Å²) in [7, 11) is 0. The van der Waals surface area contributed by atoms with Crippen molar-refractivity contribution in [3.8, 4) is 11.5 Å². The Bertz CT molecular complexity index is 415. The molecule has 0 unspecified atom stereocenters. The molecule has 0 radical (unpaired) electrons. The first-order chi connectivity index (χ1) is 7.25. The predicted octanol–water partition coefficient (Wildman–Crippen LogP) is 1.54. The van der Waals surface area contributed by atoms with Gasteiger partial charge in [0.15, 0.2) is 11.6 Å². The van der Waals surface area contributed by atoms with Gasteiger partial charge in [0.1, 0.15) is 0 Å². The van der Waals surface area contributed by atoms with E-state index in [9.17, 15) is 4.39 Å². The molecule has 0 bridgehead atoms. The lowest BCUT2D eigenvalue weighted by atomic mass is 9.95. The van der Waals surface area contributed by atoms with Crippen LogP contribution in [0.1, 0.15) is 18.4 Å². The molecule has 1 aromatic rings. The molecule has 1 fully saturated rings. The summed E-state index contributed by atoms with van der Waals surface area (Å²) in [6, 6.07) is 3.37. The van der Waals surface area contributed by atoms with Gasteiger partial charge in [-0.25, -0.2) is 4.39 Å². The summed E-state index contributed by atoms with van der Waals surface area (Å²) in [6.07, 6.45) is 2.06. The van der Waals surface area contributed by atoms with Crippen molar-refractivity contribution >= 4 is 0 Å². The fraction of sp³-hybridized carbons (Fsp3) is 0.455. The van der Waals surface area contributed by atoms with Crippen LogP contribution in [0.15, 0.2) is 12.1 Å². The molecule has 1 aromatic carbocycles. The normalized spacial score (nSPS) is 20.4. The van der Waals surface area contributed by atoms with E-state index in [-0.39, 0.29) is 23.8 Å². The van der Waals surface area contributed by atoms with Crippen LogP contribution in [0.3, 0.4) is 0 Å². The molecule has 15 heavy (non-hydrogen) atoms. The molecule has 1 aliphatic heterocycles. The molecule has 80 valence electrons. The number of benzene rings is 1. The molecule has 2 aliphatic rings. The van der Waals surface area contributed by atoms with Gasteiger partial charge in [-0.2, -0.15) is 0 Å². The summed E-state index contributed by atoms with van der Waals surface area (Å²) < 4.78 is 23.8. The van der Waals surface area contributed by atoms with Crippen LogP contribution in [0, 0.1) is 5.82 Å². The summed E-state index contributed by atoms with van der Waals surface area (Å²) in [5.41, 5.74) is 6.63. The molecule has 1 saturated carbocycles. The van der Waals surface area contributed by atoms with Gasteiger partial charge in [-0.15, -0.1) is 0 Å². The van der Waals surface area contributed by atoms with Crippen LogP contribution in [-0.2, 0) is 5.41 Å². The zero-order chi connectivity index (χ0) is 10.5. The van der Waals surface area contributed by atoms with Crippen LogP contribution in [-0.4, -0.2) is 13.3 Å². The van der Waals surface area contributed by atoms with Crippen molar-refractivity contribution in [3.05, 3.63) is 23.5 Å². The third kappa shape index (κ3) is 1.21. The van der Waals surface area contributed by atoms with Crippen molar-refractivity contribution in [2.24, 2.45) is 5.73 Å². The molecule has 1 aliphatic carbocycles. The van der Waals surface area contributed by atoms with Crippen molar-refractivity contribution in [3.63, 3.8) is 0 Å².